The first kappa shape index (κ1) is 26.7. The van der Waals surface area contributed by atoms with Crippen LogP contribution in [0.4, 0.5) is 0 Å². The van der Waals surface area contributed by atoms with E-state index in [-0.39, 0.29) is 4.28 Å². The molecule has 1 atom stereocenters. The quantitative estimate of drug-likeness (QED) is 0.182. The maximum Gasteiger partial charge on any atom is 0.0270 e. The second kappa shape index (κ2) is 17.8. The van der Waals surface area contributed by atoms with Gasteiger partial charge in [-0.05, 0) is 94.4 Å². The van der Waals surface area contributed by atoms with Gasteiger partial charge in [-0.15, -0.1) is 12.8 Å². The molecule has 0 radical (unpaired) electrons. The lowest BCUT2D eigenvalue weighted by molar-refractivity contribution is 1.01. The Morgan fingerprint density at radius 1 is 1.06 bits per heavy atom. The Kier molecular flexibility index (Phi) is 15.3. The minimum Gasteiger partial charge on any atom is -0.115 e. The lowest BCUT2D eigenvalue weighted by atomic mass is 9.94. The fourth-order valence-corrected chi connectivity index (χ4v) is 2.58. The second-order valence-corrected chi connectivity index (χ2v) is 5.76. The fourth-order valence-electron chi connectivity index (χ4n) is 2.58. The summed E-state index contributed by atoms with van der Waals surface area (Å²) >= 11 is 3.13. The van der Waals surface area contributed by atoms with Crippen LogP contribution >= 0.6 is 12.8 Å². The summed E-state index contributed by atoms with van der Waals surface area (Å²) in [6, 6.07) is 10.5. The lowest BCUT2D eigenvalue weighted by Crippen LogP contribution is -1.93. The van der Waals surface area contributed by atoms with Crippen molar-refractivity contribution in [3.05, 3.63) is 69.1 Å². The smallest absolute Gasteiger partial charge is 0.0270 e. The molecule has 1 aliphatic carbocycles. The molecule has 0 heterocycles. The predicted molar refractivity (Wildman–Crippen MR) is 139 cm³/mol. The summed E-state index contributed by atoms with van der Waals surface area (Å²) in [5.41, 5.74) is 12.3. The summed E-state index contributed by atoms with van der Waals surface area (Å²) in [5.74, 6) is 25.2. The zero-order chi connectivity index (χ0) is 23.3. The average Bonchev–Trinajstić information content (AvgIpc) is 3.15. The Bertz CT molecular complexity index is 1200. The number of hydrogen-bond acceptors (Lipinski definition) is 1. The van der Waals surface area contributed by atoms with Gasteiger partial charge in [0.15, 0.2) is 0 Å². The highest BCUT2D eigenvalue weighted by Crippen LogP contribution is 2.38. The number of thiol groups is 1. The van der Waals surface area contributed by atoms with E-state index in [0.717, 1.165) is 12.0 Å². The van der Waals surface area contributed by atoms with Gasteiger partial charge in [0, 0.05) is 20.7 Å². The van der Waals surface area contributed by atoms with Crippen LogP contribution in [0.1, 0.15) is 43.0 Å². The minimum atomic E-state index is 0. The highest BCUT2D eigenvalue weighted by atomic mass is 32.1. The van der Waals surface area contributed by atoms with Crippen LogP contribution in [0, 0.1) is 72.1 Å². The van der Waals surface area contributed by atoms with E-state index in [0.29, 0.717) is 5.92 Å². The highest BCUT2D eigenvalue weighted by molar-refractivity contribution is 7.78. The monoisotopic (exact) mass is 425 g/mol. The third-order valence-corrected chi connectivity index (χ3v) is 3.93. The number of azide groups is 1. The average molecular weight is 426 g/mol. The molecular weight excluding hydrogens is 398 g/mol. The number of benzene rings is 1. The van der Waals surface area contributed by atoms with Gasteiger partial charge in [-0.3, -0.25) is 0 Å². The fraction of sp³-hybridized carbons (Fsp3) is 0.185. The van der Waals surface area contributed by atoms with Gasteiger partial charge in [0.1, 0.15) is 0 Å². The summed E-state index contributed by atoms with van der Waals surface area (Å²) in [4.78, 5) is 2.23. The molecule has 0 bridgehead atoms. The first-order valence-corrected chi connectivity index (χ1v) is 9.50. The van der Waals surface area contributed by atoms with Crippen molar-refractivity contribution in [1.82, 2.24) is 0 Å². The third kappa shape index (κ3) is 10.7. The van der Waals surface area contributed by atoms with Crippen molar-refractivity contribution >= 4 is 12.8 Å². The van der Waals surface area contributed by atoms with Crippen molar-refractivity contribution < 1.29 is 4.28 Å². The molecule has 0 spiro atoms. The second-order valence-electron chi connectivity index (χ2n) is 5.58. The van der Waals surface area contributed by atoms with Crippen LogP contribution in [0.2, 0.25) is 0 Å². The van der Waals surface area contributed by atoms with Gasteiger partial charge in [0.25, 0.3) is 0 Å². The van der Waals surface area contributed by atoms with Gasteiger partial charge in [-0.25, -0.2) is 0 Å². The summed E-state index contributed by atoms with van der Waals surface area (Å²) < 4.78 is 2.61. The highest BCUT2D eigenvalue weighted by Gasteiger charge is 2.22. The standard InChI is InChI=1S/C16H16.C11H4.HN3S.3H2/c1-4-13-11-16(12(3)15(13)5-2)14-9-7-6-8-10-14;1-3-5-7-9-11-10-8-6-4-2;1-2-3-4;;;/h2,6-11,16H,4H2,1,3H3;1H,2H3;4H;3*1H. The van der Waals surface area contributed by atoms with E-state index < -0.39 is 0 Å². The third-order valence-electron chi connectivity index (χ3n) is 3.85. The maximum atomic E-state index is 7.26. The molecule has 1 unspecified atom stereocenters. The number of terminal acetylenes is 2. The van der Waals surface area contributed by atoms with Crippen molar-refractivity contribution in [3.63, 3.8) is 0 Å². The minimum absolute atomic E-state index is 0. The van der Waals surface area contributed by atoms with Crippen molar-refractivity contribution in [2.75, 3.05) is 0 Å². The number of allylic oxidation sites excluding steroid dienone is 4. The van der Waals surface area contributed by atoms with Gasteiger partial charge < -0.3 is 0 Å². The van der Waals surface area contributed by atoms with Crippen LogP contribution in [0.15, 0.2) is 57.6 Å². The normalized spacial score (nSPS) is 11.9. The molecule has 4 heteroatoms. The zero-order valence-electron chi connectivity index (χ0n) is 17.7. The molecule has 1 aliphatic rings. The molecule has 0 aliphatic heterocycles. The van der Waals surface area contributed by atoms with E-state index in [2.05, 4.69) is 126 Å². The first-order chi connectivity index (χ1) is 15.1. The number of hydrogen-bond donors (Lipinski definition) is 1. The van der Waals surface area contributed by atoms with Crippen LogP contribution in [0.25, 0.3) is 10.4 Å². The molecule has 0 aromatic heterocycles. The molecule has 1 aromatic rings. The van der Waals surface area contributed by atoms with E-state index in [1.165, 1.54) is 16.7 Å². The van der Waals surface area contributed by atoms with E-state index >= 15 is 0 Å². The molecule has 0 amide bonds. The van der Waals surface area contributed by atoms with Crippen molar-refractivity contribution in [3.8, 4) is 72.1 Å². The summed E-state index contributed by atoms with van der Waals surface area (Å²) in [7, 11) is 0. The summed E-state index contributed by atoms with van der Waals surface area (Å²) in [6.45, 7) is 6.01. The molecule has 3 nitrogen and oxygen atoms in total. The molecule has 31 heavy (non-hydrogen) atoms. The molecular formula is C27H27N3S. The molecule has 2 rings (SSSR count). The Morgan fingerprint density at radius 2 is 1.61 bits per heavy atom. The van der Waals surface area contributed by atoms with E-state index in [4.69, 9.17) is 18.4 Å². The summed E-state index contributed by atoms with van der Waals surface area (Å²) in [5, 5.41) is 0. The van der Waals surface area contributed by atoms with Gasteiger partial charge in [0.2, 0.25) is 0 Å². The van der Waals surface area contributed by atoms with Crippen molar-refractivity contribution in [2.24, 2.45) is 4.52 Å². The van der Waals surface area contributed by atoms with E-state index in [1.54, 1.807) is 6.92 Å². The Hall–Kier alpha value is -4.28. The molecule has 0 saturated heterocycles. The maximum absolute atomic E-state index is 7.26. The molecule has 0 saturated carbocycles. The topological polar surface area (TPSA) is 48.8 Å². The Morgan fingerprint density at radius 3 is 2.03 bits per heavy atom. The van der Waals surface area contributed by atoms with Crippen LogP contribution in [-0.2, 0) is 0 Å². The molecule has 0 N–H and O–H groups in total. The first-order valence-electron chi connectivity index (χ1n) is 9.10. The van der Waals surface area contributed by atoms with Crippen molar-refractivity contribution in [1.29, 1.82) is 0 Å². The SMILES string of the molecule is C#CC#CC#CC#CC#CC.C#CC1=C(C)C(c2ccccc2)C=C1CC.[HH].[HH].[HH].[N-]=[N+]=NS. The Labute approximate surface area is 196 Å². The molecule has 156 valence electrons. The van der Waals surface area contributed by atoms with Gasteiger partial charge in [-0.2, -0.15) is 0 Å². The Balaban J connectivity index is -0.000000222. The van der Waals surface area contributed by atoms with Gasteiger partial charge >= 0.3 is 0 Å². The van der Waals surface area contributed by atoms with Gasteiger partial charge in [-0.1, -0.05) is 68.0 Å². The number of rotatable bonds is 2. The van der Waals surface area contributed by atoms with Crippen LogP contribution in [0.3, 0.4) is 0 Å². The molecule has 0 fully saturated rings. The largest absolute Gasteiger partial charge is 0.115 e. The van der Waals surface area contributed by atoms with Crippen LogP contribution in [0.5, 0.6) is 0 Å². The van der Waals surface area contributed by atoms with Crippen LogP contribution < -0.4 is 0 Å². The van der Waals surface area contributed by atoms with E-state index in [1.807, 2.05) is 6.07 Å². The number of nitrogens with zero attached hydrogens (tertiary/aromatic N) is 3. The van der Waals surface area contributed by atoms with Gasteiger partial charge in [0.05, 0.1) is 0 Å². The predicted octanol–water partition coefficient (Wildman–Crippen LogP) is 6.60. The zero-order valence-corrected chi connectivity index (χ0v) is 18.6. The molecule has 1 aromatic carbocycles. The van der Waals surface area contributed by atoms with E-state index in [9.17, 15) is 0 Å². The van der Waals surface area contributed by atoms with Crippen LogP contribution in [-0.4, -0.2) is 0 Å². The summed E-state index contributed by atoms with van der Waals surface area (Å²) in [6.07, 6.45) is 13.7. The van der Waals surface area contributed by atoms with Crippen molar-refractivity contribution in [2.45, 2.75) is 33.1 Å². The lowest BCUT2D eigenvalue weighted by Gasteiger charge is -2.10.